The second-order valence-corrected chi connectivity index (χ2v) is 19.6. The summed E-state index contributed by atoms with van der Waals surface area (Å²) in [5, 5.41) is 24.0. The number of ether oxygens (including phenoxy) is 3. The van der Waals surface area contributed by atoms with Gasteiger partial charge >= 0.3 is 12.1 Å². The summed E-state index contributed by atoms with van der Waals surface area (Å²) >= 11 is 0. The molecule has 4 aliphatic carbocycles. The molecule has 4 amide bonds. The van der Waals surface area contributed by atoms with E-state index in [0.717, 1.165) is 108 Å². The molecule has 4 atom stereocenters. The highest BCUT2D eigenvalue weighted by molar-refractivity contribution is 7.90. The number of rotatable bonds is 8. The molecule has 0 radical (unpaired) electrons. The molecule has 0 fully saturated rings. The van der Waals surface area contributed by atoms with E-state index in [1.165, 1.54) is 15.6 Å². The van der Waals surface area contributed by atoms with Gasteiger partial charge in [0.05, 0.1) is 25.5 Å². The van der Waals surface area contributed by atoms with Gasteiger partial charge in [0.2, 0.25) is 11.8 Å². The van der Waals surface area contributed by atoms with Crippen LogP contribution in [0, 0.1) is 5.92 Å². The molecule has 2 aromatic heterocycles. The molecular weight excluding hydrogens is 805 g/mol. The number of methoxy groups -OCH3 is 1. The van der Waals surface area contributed by atoms with E-state index in [1.807, 2.05) is 0 Å². The molecule has 2 aliphatic heterocycles. The minimum absolute atomic E-state index is 0.0314. The van der Waals surface area contributed by atoms with Crippen LogP contribution in [-0.2, 0) is 82.8 Å². The van der Waals surface area contributed by atoms with Crippen LogP contribution in [0.4, 0.5) is 21.0 Å². The predicted octanol–water partition coefficient (Wildman–Crippen LogP) is 2.68. The first-order valence-electron chi connectivity index (χ1n) is 20.0. The van der Waals surface area contributed by atoms with Gasteiger partial charge in [-0.05, 0) is 121 Å². The fourth-order valence-electron chi connectivity index (χ4n) is 10.1. The lowest BCUT2D eigenvalue weighted by Crippen LogP contribution is -2.36. The minimum Gasteiger partial charge on any atom is -0.474 e. The lowest BCUT2D eigenvalue weighted by Gasteiger charge is -2.25. The van der Waals surface area contributed by atoms with Gasteiger partial charge in [-0.2, -0.15) is 10.2 Å². The first-order chi connectivity index (χ1) is 28.4. The van der Waals surface area contributed by atoms with Crippen molar-refractivity contribution in [3.8, 4) is 11.8 Å². The lowest BCUT2D eigenvalue weighted by molar-refractivity contribution is 0.0165. The summed E-state index contributed by atoms with van der Waals surface area (Å²) in [7, 11) is -7.19. The second kappa shape index (κ2) is 14.2. The molecule has 59 heavy (non-hydrogen) atoms. The number of aromatic nitrogens is 4. The number of aliphatic hydroxyl groups excluding tert-OH is 1. The maximum atomic E-state index is 13.7. The Hall–Kier alpha value is -5.18. The van der Waals surface area contributed by atoms with Crippen LogP contribution >= 0.6 is 0 Å². The van der Waals surface area contributed by atoms with Gasteiger partial charge in [0, 0.05) is 18.5 Å². The first-order valence-corrected chi connectivity index (χ1v) is 22.9. The number of hydrogen-bond donors (Lipinski definition) is 5. The summed E-state index contributed by atoms with van der Waals surface area (Å²) in [6, 6.07) is 2.71. The fraction of sp³-hybridized carbons (Fsp3) is 0.487. The van der Waals surface area contributed by atoms with Gasteiger partial charge in [-0.25, -0.2) is 45.2 Å². The zero-order valence-electron chi connectivity index (χ0n) is 32.2. The maximum absolute atomic E-state index is 13.7. The maximum Gasteiger partial charge on any atom is 0.333 e. The van der Waals surface area contributed by atoms with Crippen molar-refractivity contribution >= 4 is 43.5 Å². The number of fused-ring (bicyclic) bond motifs is 6. The van der Waals surface area contributed by atoms with E-state index in [9.17, 15) is 31.5 Å². The van der Waals surface area contributed by atoms with Crippen LogP contribution in [0.1, 0.15) is 69.7 Å². The number of carbonyl (C=O) groups is 2. The molecule has 20 heteroatoms. The molecular formula is C39H44N8O10S2. The Kier molecular flexibility index (Phi) is 9.18. The number of benzene rings is 2. The number of hydrogen-bond acceptors (Lipinski definition) is 12. The van der Waals surface area contributed by atoms with Gasteiger partial charge in [0.25, 0.3) is 20.0 Å². The van der Waals surface area contributed by atoms with E-state index < -0.39 is 38.2 Å². The quantitative estimate of drug-likeness (QED) is 0.172. The van der Waals surface area contributed by atoms with E-state index in [0.29, 0.717) is 24.3 Å². The Labute approximate surface area is 340 Å². The van der Waals surface area contributed by atoms with Crippen molar-refractivity contribution in [2.75, 3.05) is 31.0 Å². The number of nitrogens with one attached hydrogen (secondary N) is 4. The third-order valence-corrected chi connectivity index (χ3v) is 15.3. The Bertz CT molecular complexity index is 2660. The smallest absolute Gasteiger partial charge is 0.333 e. The Morgan fingerprint density at radius 1 is 0.746 bits per heavy atom. The zero-order valence-corrected chi connectivity index (χ0v) is 33.9. The summed E-state index contributed by atoms with van der Waals surface area (Å²) in [5.74, 6) is 0.145. The molecule has 10 rings (SSSR count). The number of urea groups is 2. The van der Waals surface area contributed by atoms with Crippen molar-refractivity contribution in [1.82, 2.24) is 29.0 Å². The molecule has 0 saturated carbocycles. The molecule has 0 bridgehead atoms. The first kappa shape index (κ1) is 38.0. The van der Waals surface area contributed by atoms with Crippen LogP contribution in [0.15, 0.2) is 34.3 Å². The van der Waals surface area contributed by atoms with Crippen LogP contribution in [-0.4, -0.2) is 86.1 Å². The average Bonchev–Trinajstić information content (AvgIpc) is 4.04. The average molecular weight is 849 g/mol. The molecule has 6 aliphatic rings. The van der Waals surface area contributed by atoms with Crippen molar-refractivity contribution < 1.29 is 45.7 Å². The molecule has 3 unspecified atom stereocenters. The van der Waals surface area contributed by atoms with Crippen molar-refractivity contribution in [1.29, 1.82) is 0 Å². The molecule has 2 aromatic carbocycles. The van der Waals surface area contributed by atoms with E-state index in [1.54, 1.807) is 7.11 Å². The molecule has 18 nitrogen and oxygen atoms in total. The third-order valence-electron chi connectivity index (χ3n) is 12.7. The number of amides is 4. The SMILES string of the molecule is CO[C@H]1COc2c(S(=O)(=O)NC(=O)Nc3c4c(cc5c3C(C3Cc6cc7c(c(NC(=O)NS(=O)(=O)c8cnn9c8OCC(O)C9)c6C3)CCC7)CC5)CCC4)cnn2C1. The molecule has 0 spiro atoms. The molecule has 4 heterocycles. The number of anilines is 2. The van der Waals surface area contributed by atoms with Crippen LogP contribution < -0.4 is 29.6 Å². The Balaban J connectivity index is 0.903. The van der Waals surface area contributed by atoms with E-state index in [2.05, 4.69) is 42.4 Å². The summed E-state index contributed by atoms with van der Waals surface area (Å²) < 4.78 is 77.4. The number of aryl methyl sites for hydroxylation is 3. The monoisotopic (exact) mass is 848 g/mol. The number of nitrogens with zero attached hydrogens (tertiary/aromatic N) is 4. The van der Waals surface area contributed by atoms with Crippen LogP contribution in [0.3, 0.4) is 0 Å². The second-order valence-electron chi connectivity index (χ2n) is 16.3. The zero-order chi connectivity index (χ0) is 40.8. The van der Waals surface area contributed by atoms with Gasteiger partial charge < -0.3 is 30.0 Å². The Morgan fingerprint density at radius 3 is 2.00 bits per heavy atom. The lowest BCUT2D eigenvalue weighted by atomic mass is 9.83. The van der Waals surface area contributed by atoms with Crippen molar-refractivity contribution in [3.05, 3.63) is 69.0 Å². The highest BCUT2D eigenvalue weighted by Crippen LogP contribution is 2.52. The van der Waals surface area contributed by atoms with Crippen molar-refractivity contribution in [2.24, 2.45) is 5.92 Å². The van der Waals surface area contributed by atoms with Crippen molar-refractivity contribution in [2.45, 2.75) is 105 Å². The van der Waals surface area contributed by atoms with Crippen LogP contribution in [0.25, 0.3) is 0 Å². The summed E-state index contributed by atoms with van der Waals surface area (Å²) in [6.07, 6.45) is 9.21. The Morgan fingerprint density at radius 2 is 1.34 bits per heavy atom. The van der Waals surface area contributed by atoms with E-state index >= 15 is 0 Å². The van der Waals surface area contributed by atoms with Gasteiger partial charge in [-0.15, -0.1) is 0 Å². The largest absolute Gasteiger partial charge is 0.474 e. The molecule has 0 saturated heterocycles. The molecule has 5 N–H and O–H groups in total. The minimum atomic E-state index is -4.38. The van der Waals surface area contributed by atoms with E-state index in [4.69, 9.17) is 14.2 Å². The highest BCUT2D eigenvalue weighted by Gasteiger charge is 2.41. The van der Waals surface area contributed by atoms with E-state index in [-0.39, 0.29) is 59.2 Å². The summed E-state index contributed by atoms with van der Waals surface area (Å²) in [5.41, 5.74) is 9.87. The third kappa shape index (κ3) is 6.60. The predicted molar refractivity (Wildman–Crippen MR) is 210 cm³/mol. The van der Waals surface area contributed by atoms with Gasteiger partial charge in [0.1, 0.15) is 25.4 Å². The summed E-state index contributed by atoms with van der Waals surface area (Å²) in [4.78, 5) is 26.7. The molecule has 4 aromatic rings. The summed E-state index contributed by atoms with van der Waals surface area (Å²) in [6.45, 7) is 0.442. The van der Waals surface area contributed by atoms with Crippen LogP contribution in [0.2, 0.25) is 0 Å². The fourth-order valence-corrected chi connectivity index (χ4v) is 12.1. The standard InChI is InChI=1S/C39H44N8O10S2/c1-55-26-17-47-37(57-19-26)32(15-41-47)59(53,54)45-39(50)43-35-29-7-3-4-20(29)10-22-8-9-27(33(22)35)24-12-23-11-21-5-2-6-28(21)34(30(23)13-24)42-38(49)44-58(51,52)31-14-40-46-16-25(48)18-56-36(31)46/h10-11,14-15,24-27,48H,2-9,12-13,16-19H2,1H3,(H2,42,44,49)(H2,43,45,50)/t24?,25?,26-,27?/m1/s1. The number of carbonyl (C=O) groups excluding carboxylic acids is 2. The van der Waals surface area contributed by atoms with Gasteiger partial charge in [-0.3, -0.25) is 0 Å². The number of aliphatic hydroxyl groups is 1. The van der Waals surface area contributed by atoms with Gasteiger partial charge in [-0.1, -0.05) is 12.1 Å². The normalized spacial score (nSPS) is 22.5. The van der Waals surface area contributed by atoms with Gasteiger partial charge in [0.15, 0.2) is 9.79 Å². The highest BCUT2D eigenvalue weighted by atomic mass is 32.2. The molecule has 312 valence electrons. The number of sulfonamides is 2. The van der Waals surface area contributed by atoms with Crippen LogP contribution in [0.5, 0.6) is 11.8 Å². The van der Waals surface area contributed by atoms with Crippen molar-refractivity contribution in [3.63, 3.8) is 0 Å². The topological polar surface area (TPSA) is 234 Å².